The molecule has 542 valence electrons. The summed E-state index contributed by atoms with van der Waals surface area (Å²) in [6.07, 6.45) is 60.0. The molecule has 2 aliphatic rings. The molecule has 0 bridgehead atoms. The van der Waals surface area contributed by atoms with Crippen LogP contribution in [0.1, 0.15) is 393 Å². The van der Waals surface area contributed by atoms with E-state index in [2.05, 4.69) is 19.2 Å². The molecule has 2 aliphatic heterocycles. The van der Waals surface area contributed by atoms with E-state index in [4.69, 9.17) is 18.9 Å². The first-order chi connectivity index (χ1) is 44.6. The number of ether oxygens (including phenoxy) is 4. The summed E-state index contributed by atoms with van der Waals surface area (Å²) in [5.74, 6) is -0.195. The maximum Gasteiger partial charge on any atom is 0.220 e. The molecule has 0 aromatic heterocycles. The molecule has 14 nitrogen and oxygen atoms in total. The summed E-state index contributed by atoms with van der Waals surface area (Å²) in [4.78, 5) is 13.4. The lowest BCUT2D eigenvalue weighted by Crippen LogP contribution is -2.65. The number of hydrogen-bond acceptors (Lipinski definition) is 13. The fraction of sp³-hybridized carbons (Fsp3) is 0.987. The van der Waals surface area contributed by atoms with E-state index in [9.17, 15) is 45.6 Å². The molecule has 0 spiro atoms. The Balaban J connectivity index is 1.61. The van der Waals surface area contributed by atoms with Gasteiger partial charge in [-0.25, -0.2) is 0 Å². The van der Waals surface area contributed by atoms with Crippen LogP contribution >= 0.6 is 0 Å². The number of hydrogen-bond donors (Lipinski definition) is 9. The van der Waals surface area contributed by atoms with E-state index in [1.54, 1.807) is 0 Å². The van der Waals surface area contributed by atoms with Gasteiger partial charge >= 0.3 is 0 Å². The number of amides is 1. The summed E-state index contributed by atoms with van der Waals surface area (Å²) < 4.78 is 23.0. The highest BCUT2D eigenvalue weighted by molar-refractivity contribution is 5.76. The minimum atomic E-state index is -1.78. The average molecular weight is 1300 g/mol. The second-order valence-corrected chi connectivity index (χ2v) is 28.6. The molecule has 0 radical (unpaired) electrons. The Bertz CT molecular complexity index is 1530. The van der Waals surface area contributed by atoms with Crippen molar-refractivity contribution in [2.75, 3.05) is 19.8 Å². The van der Waals surface area contributed by atoms with Crippen LogP contribution < -0.4 is 5.32 Å². The van der Waals surface area contributed by atoms with Crippen molar-refractivity contribution in [3.63, 3.8) is 0 Å². The first-order valence-corrected chi connectivity index (χ1v) is 39.8. The topological polar surface area (TPSA) is 228 Å². The van der Waals surface area contributed by atoms with Crippen LogP contribution in [0.2, 0.25) is 0 Å². The van der Waals surface area contributed by atoms with Gasteiger partial charge in [0.05, 0.1) is 32.0 Å². The third-order valence-corrected chi connectivity index (χ3v) is 20.1. The van der Waals surface area contributed by atoms with E-state index < -0.39 is 86.8 Å². The highest BCUT2D eigenvalue weighted by Crippen LogP contribution is 2.31. The minimum Gasteiger partial charge on any atom is -0.394 e. The quantitative estimate of drug-likeness (QED) is 0.0259. The summed E-state index contributed by atoms with van der Waals surface area (Å²) in [5.41, 5.74) is 0. The van der Waals surface area contributed by atoms with Crippen LogP contribution in [0, 0.1) is 0 Å². The molecule has 2 heterocycles. The van der Waals surface area contributed by atoms with Gasteiger partial charge in [-0.1, -0.05) is 373 Å². The molecule has 2 fully saturated rings. The zero-order valence-corrected chi connectivity index (χ0v) is 59.4. The van der Waals surface area contributed by atoms with Crippen molar-refractivity contribution in [2.24, 2.45) is 0 Å². The van der Waals surface area contributed by atoms with Crippen molar-refractivity contribution in [3.05, 3.63) is 0 Å². The van der Waals surface area contributed by atoms with Crippen LogP contribution in [0.4, 0.5) is 0 Å². The van der Waals surface area contributed by atoms with Crippen LogP contribution in [-0.2, 0) is 23.7 Å². The number of rotatable bonds is 68. The lowest BCUT2D eigenvalue weighted by atomic mass is 9.97. The second kappa shape index (κ2) is 62.5. The predicted molar refractivity (Wildman–Crippen MR) is 374 cm³/mol. The van der Waals surface area contributed by atoms with Crippen LogP contribution in [0.5, 0.6) is 0 Å². The fourth-order valence-electron chi connectivity index (χ4n) is 13.8. The van der Waals surface area contributed by atoms with Gasteiger partial charge in [0.1, 0.15) is 48.8 Å². The van der Waals surface area contributed by atoms with Gasteiger partial charge in [-0.05, 0) is 12.8 Å². The Kier molecular flexibility index (Phi) is 59.1. The third-order valence-electron chi connectivity index (χ3n) is 20.1. The third kappa shape index (κ3) is 46.0. The normalized spacial score (nSPS) is 22.7. The maximum atomic E-state index is 13.4. The largest absolute Gasteiger partial charge is 0.394 e. The Morgan fingerprint density at radius 1 is 0.352 bits per heavy atom. The maximum absolute atomic E-state index is 13.4. The van der Waals surface area contributed by atoms with Crippen molar-refractivity contribution >= 4 is 5.91 Å². The van der Waals surface area contributed by atoms with E-state index in [1.807, 2.05) is 0 Å². The van der Waals surface area contributed by atoms with Gasteiger partial charge in [0.15, 0.2) is 12.6 Å². The van der Waals surface area contributed by atoms with Crippen molar-refractivity contribution in [1.29, 1.82) is 0 Å². The van der Waals surface area contributed by atoms with Gasteiger partial charge in [0.2, 0.25) is 5.91 Å². The molecular weight excluding hydrogens is 1150 g/mol. The number of carbonyl (C=O) groups excluding carboxylic acids is 1. The van der Waals surface area contributed by atoms with Crippen LogP contribution in [0.15, 0.2) is 0 Å². The standard InChI is InChI=1S/C77H151NO13/c1-3-5-7-9-11-13-15-17-19-21-23-25-27-29-31-32-33-35-37-39-41-43-45-47-49-51-53-55-57-59-61-69(82)78-65(64-88-76-74(87)72(85)75(68(63-80)90-76)91-77-73(86)71(84)70(83)67(62-79)89-77)66(81)60-58-56-54-52-50-48-46-44-42-40-38-36-34-30-28-26-24-22-20-18-16-14-12-10-8-6-4-2/h65-68,70-77,79-81,83-87H,3-64H2,1-2H3,(H,78,82). The zero-order chi connectivity index (χ0) is 65.9. The summed E-state index contributed by atoms with van der Waals surface area (Å²) in [6, 6.07) is -0.825. The van der Waals surface area contributed by atoms with Crippen LogP contribution in [0.25, 0.3) is 0 Å². The number of unbranched alkanes of at least 4 members (excludes halogenated alkanes) is 55. The van der Waals surface area contributed by atoms with Crippen LogP contribution in [-0.4, -0.2) is 140 Å². The Hall–Kier alpha value is -1.01. The monoisotopic (exact) mass is 1300 g/mol. The van der Waals surface area contributed by atoms with Gasteiger partial charge in [-0.15, -0.1) is 0 Å². The van der Waals surface area contributed by atoms with Gasteiger partial charge in [0.25, 0.3) is 0 Å². The van der Waals surface area contributed by atoms with E-state index in [1.165, 1.54) is 315 Å². The molecule has 0 aromatic rings. The molecule has 14 heteroatoms. The Labute approximate surface area is 559 Å². The molecule has 91 heavy (non-hydrogen) atoms. The van der Waals surface area contributed by atoms with Crippen molar-refractivity contribution < 1.29 is 64.6 Å². The number of carbonyl (C=O) groups is 1. The molecule has 2 rings (SSSR count). The first-order valence-electron chi connectivity index (χ1n) is 39.8. The molecule has 0 saturated carbocycles. The highest BCUT2D eigenvalue weighted by atomic mass is 16.7. The molecule has 12 atom stereocenters. The van der Waals surface area contributed by atoms with Crippen molar-refractivity contribution in [1.82, 2.24) is 5.32 Å². The minimum absolute atomic E-state index is 0.195. The van der Waals surface area contributed by atoms with Gasteiger partial charge in [-0.3, -0.25) is 4.79 Å². The van der Waals surface area contributed by atoms with E-state index in [-0.39, 0.29) is 12.5 Å². The Morgan fingerprint density at radius 2 is 0.626 bits per heavy atom. The highest BCUT2D eigenvalue weighted by Gasteiger charge is 2.51. The van der Waals surface area contributed by atoms with Crippen LogP contribution in [0.3, 0.4) is 0 Å². The van der Waals surface area contributed by atoms with Gasteiger partial charge in [0, 0.05) is 6.42 Å². The molecule has 12 unspecified atom stereocenters. The lowest BCUT2D eigenvalue weighted by molar-refractivity contribution is -0.359. The number of nitrogens with one attached hydrogen (secondary N) is 1. The second-order valence-electron chi connectivity index (χ2n) is 28.6. The Morgan fingerprint density at radius 3 is 0.934 bits per heavy atom. The summed E-state index contributed by atoms with van der Waals surface area (Å²) in [7, 11) is 0. The summed E-state index contributed by atoms with van der Waals surface area (Å²) in [5, 5.41) is 87.8. The van der Waals surface area contributed by atoms with E-state index >= 15 is 0 Å². The SMILES string of the molecule is CCCCCCCCCCCCCCCCCCCCCCCCCCCCCCCCC(=O)NC(COC1OC(CO)C(OC2OC(CO)C(O)C(O)C2O)C(O)C1O)C(O)CCCCCCCCCCCCCCCCCCCCCCCCCCCCC. The first kappa shape index (κ1) is 86.1. The molecule has 9 N–H and O–H groups in total. The lowest BCUT2D eigenvalue weighted by Gasteiger charge is -2.46. The predicted octanol–water partition coefficient (Wildman–Crippen LogP) is 17.5. The van der Waals surface area contributed by atoms with Crippen molar-refractivity contribution in [3.8, 4) is 0 Å². The van der Waals surface area contributed by atoms with Gasteiger partial charge < -0.3 is 65.1 Å². The average Bonchev–Trinajstić information content (AvgIpc) is 1.21. The summed E-state index contributed by atoms with van der Waals surface area (Å²) in [6.45, 7) is 2.95. The smallest absolute Gasteiger partial charge is 0.220 e. The number of aliphatic hydroxyl groups excluding tert-OH is 8. The molecule has 0 aliphatic carbocycles. The van der Waals surface area contributed by atoms with E-state index in [0.717, 1.165) is 51.4 Å². The fourth-order valence-corrected chi connectivity index (χ4v) is 13.8. The van der Waals surface area contributed by atoms with E-state index in [0.29, 0.717) is 12.8 Å². The summed E-state index contributed by atoms with van der Waals surface area (Å²) >= 11 is 0. The molecule has 1 amide bonds. The van der Waals surface area contributed by atoms with Crippen molar-refractivity contribution in [2.45, 2.75) is 466 Å². The zero-order valence-electron chi connectivity index (χ0n) is 59.4. The van der Waals surface area contributed by atoms with Gasteiger partial charge in [-0.2, -0.15) is 0 Å². The number of aliphatic hydroxyl groups is 8. The molecular formula is C77H151NO13. The molecule has 0 aromatic carbocycles. The molecule has 2 saturated heterocycles.